The molecule has 1 aromatic heterocycles. The highest BCUT2D eigenvalue weighted by Gasteiger charge is 2.73. The summed E-state index contributed by atoms with van der Waals surface area (Å²) in [4.78, 5) is 6.71. The number of nitriles is 1. The van der Waals surface area contributed by atoms with Crippen molar-refractivity contribution in [3.8, 4) is 17.6 Å². The number of hydrogen-bond donors (Lipinski definition) is 1. The van der Waals surface area contributed by atoms with E-state index in [0.29, 0.717) is 42.4 Å². The van der Waals surface area contributed by atoms with Gasteiger partial charge in [-0.1, -0.05) is 42.5 Å². The minimum absolute atomic E-state index is 0.139. The Morgan fingerprint density at radius 2 is 1.86 bits per heavy atom. The van der Waals surface area contributed by atoms with Gasteiger partial charge < -0.3 is 19.3 Å². The minimum Gasteiger partial charge on any atom is -0.495 e. The van der Waals surface area contributed by atoms with E-state index in [1.165, 1.54) is 0 Å². The number of benzene rings is 2. The lowest BCUT2D eigenvalue weighted by Gasteiger charge is -2.42. The van der Waals surface area contributed by atoms with Gasteiger partial charge in [0, 0.05) is 31.5 Å². The molecular weight excluding hydrogens is 454 g/mol. The van der Waals surface area contributed by atoms with E-state index >= 15 is 0 Å². The van der Waals surface area contributed by atoms with Gasteiger partial charge in [0.2, 0.25) is 0 Å². The van der Waals surface area contributed by atoms with Crippen LogP contribution in [0.4, 0.5) is 0 Å². The van der Waals surface area contributed by atoms with E-state index in [-0.39, 0.29) is 11.8 Å². The molecule has 0 spiro atoms. The van der Waals surface area contributed by atoms with Crippen molar-refractivity contribution in [3.63, 3.8) is 0 Å². The Morgan fingerprint density at radius 1 is 1.11 bits per heavy atom. The first kappa shape index (κ1) is 23.0. The molecule has 2 aromatic carbocycles. The van der Waals surface area contributed by atoms with Crippen molar-refractivity contribution in [1.82, 2.24) is 9.88 Å². The van der Waals surface area contributed by atoms with Crippen LogP contribution in [-0.4, -0.2) is 54.9 Å². The molecule has 1 saturated carbocycles. The van der Waals surface area contributed by atoms with E-state index < -0.39 is 11.2 Å². The SMILES string of the molecule is COc1cncc2c1C1(O)C(CN3CCOCC3)CC(c3ccccc3)C1(c1ccc(C#N)cc1)O2. The van der Waals surface area contributed by atoms with Gasteiger partial charge in [-0.15, -0.1) is 0 Å². The van der Waals surface area contributed by atoms with Crippen molar-refractivity contribution >= 4 is 0 Å². The van der Waals surface area contributed by atoms with E-state index in [1.807, 2.05) is 30.3 Å². The van der Waals surface area contributed by atoms with Gasteiger partial charge in [-0.3, -0.25) is 9.88 Å². The van der Waals surface area contributed by atoms with Gasteiger partial charge in [-0.05, 0) is 29.7 Å². The second-order valence-corrected chi connectivity index (χ2v) is 9.82. The Labute approximate surface area is 210 Å². The average Bonchev–Trinajstić information content (AvgIpc) is 3.35. The molecule has 184 valence electrons. The molecule has 3 aromatic rings. The predicted molar refractivity (Wildman–Crippen MR) is 133 cm³/mol. The first-order valence-electron chi connectivity index (χ1n) is 12.4. The highest BCUT2D eigenvalue weighted by Crippen LogP contribution is 2.70. The zero-order valence-electron chi connectivity index (χ0n) is 20.3. The van der Waals surface area contributed by atoms with E-state index in [1.54, 1.807) is 31.6 Å². The highest BCUT2D eigenvalue weighted by atomic mass is 16.5. The Morgan fingerprint density at radius 3 is 2.56 bits per heavy atom. The third-order valence-electron chi connectivity index (χ3n) is 8.14. The number of morpholine rings is 1. The van der Waals surface area contributed by atoms with Crippen LogP contribution in [0.25, 0.3) is 0 Å². The zero-order chi connectivity index (χ0) is 24.8. The van der Waals surface area contributed by atoms with Crippen LogP contribution in [0.5, 0.6) is 11.5 Å². The number of hydrogen-bond acceptors (Lipinski definition) is 7. The molecule has 7 heteroatoms. The summed E-state index contributed by atoms with van der Waals surface area (Å²) in [6.07, 6.45) is 4.05. The van der Waals surface area contributed by atoms with Gasteiger partial charge >= 0.3 is 0 Å². The Bertz CT molecular complexity index is 1290. The maximum atomic E-state index is 13.1. The van der Waals surface area contributed by atoms with Crippen molar-refractivity contribution in [2.45, 2.75) is 23.5 Å². The standard InChI is InChI=1S/C29H29N3O4/c1-34-25-17-31-18-26-27(25)28(33)23(19-32-11-13-35-14-12-32)15-24(21-5-3-2-4-6-21)29(28,36-26)22-9-7-20(16-30)8-10-22/h2-10,17-18,23-24,33H,11-15,19H2,1H3. The number of aliphatic hydroxyl groups is 1. The number of fused-ring (bicyclic) bond motifs is 3. The molecule has 4 unspecified atom stereocenters. The lowest BCUT2D eigenvalue weighted by Crippen LogP contribution is -2.53. The molecule has 4 atom stereocenters. The number of aromatic nitrogens is 1. The number of rotatable bonds is 5. The smallest absolute Gasteiger partial charge is 0.174 e. The number of methoxy groups -OCH3 is 1. The lowest BCUT2D eigenvalue weighted by molar-refractivity contribution is -0.134. The van der Waals surface area contributed by atoms with E-state index in [2.05, 4.69) is 28.1 Å². The molecule has 1 N–H and O–H groups in total. The summed E-state index contributed by atoms with van der Waals surface area (Å²) >= 11 is 0. The summed E-state index contributed by atoms with van der Waals surface area (Å²) in [5.41, 5.74) is 0.653. The lowest BCUT2D eigenvalue weighted by atomic mass is 9.70. The maximum absolute atomic E-state index is 13.1. The fourth-order valence-corrected chi connectivity index (χ4v) is 6.56. The molecule has 36 heavy (non-hydrogen) atoms. The fraction of sp³-hybridized carbons (Fsp3) is 0.379. The van der Waals surface area contributed by atoms with Crippen LogP contribution in [0.2, 0.25) is 0 Å². The van der Waals surface area contributed by atoms with E-state index in [0.717, 1.165) is 30.6 Å². The van der Waals surface area contributed by atoms with Gasteiger partial charge in [0.15, 0.2) is 5.60 Å². The normalized spacial score (nSPS) is 29.1. The summed E-state index contributed by atoms with van der Waals surface area (Å²) < 4.78 is 18.2. The maximum Gasteiger partial charge on any atom is 0.174 e. The van der Waals surface area contributed by atoms with Crippen molar-refractivity contribution in [1.29, 1.82) is 5.26 Å². The van der Waals surface area contributed by atoms with Crippen LogP contribution >= 0.6 is 0 Å². The molecule has 2 aliphatic heterocycles. The van der Waals surface area contributed by atoms with Crippen LogP contribution in [-0.2, 0) is 15.9 Å². The molecule has 6 rings (SSSR count). The molecule has 3 heterocycles. The quantitative estimate of drug-likeness (QED) is 0.594. The largest absolute Gasteiger partial charge is 0.495 e. The second kappa shape index (κ2) is 8.90. The molecule has 3 aliphatic rings. The zero-order valence-corrected chi connectivity index (χ0v) is 20.3. The summed E-state index contributed by atoms with van der Waals surface area (Å²) in [5, 5.41) is 22.5. The third-order valence-corrected chi connectivity index (χ3v) is 8.14. The van der Waals surface area contributed by atoms with Gasteiger partial charge in [-0.2, -0.15) is 5.26 Å². The monoisotopic (exact) mass is 483 g/mol. The molecule has 1 saturated heterocycles. The second-order valence-electron chi connectivity index (χ2n) is 9.82. The van der Waals surface area contributed by atoms with Crippen molar-refractivity contribution in [2.75, 3.05) is 40.0 Å². The third kappa shape index (κ3) is 3.26. The summed E-state index contributed by atoms with van der Waals surface area (Å²) in [7, 11) is 1.60. The molecule has 0 amide bonds. The topological polar surface area (TPSA) is 87.8 Å². The first-order chi connectivity index (χ1) is 17.6. The van der Waals surface area contributed by atoms with Gasteiger partial charge in [0.25, 0.3) is 0 Å². The molecule has 0 bridgehead atoms. The number of pyridine rings is 1. The van der Waals surface area contributed by atoms with Gasteiger partial charge in [-0.25, -0.2) is 0 Å². The highest BCUT2D eigenvalue weighted by molar-refractivity contribution is 5.58. The Balaban J connectivity index is 1.59. The molecule has 7 nitrogen and oxygen atoms in total. The number of ether oxygens (including phenoxy) is 3. The van der Waals surface area contributed by atoms with Gasteiger partial charge in [0.1, 0.15) is 17.1 Å². The van der Waals surface area contributed by atoms with Crippen LogP contribution in [0.15, 0.2) is 67.0 Å². The van der Waals surface area contributed by atoms with E-state index in [4.69, 9.17) is 14.2 Å². The molecular formula is C29H29N3O4. The molecule has 2 fully saturated rings. The predicted octanol–water partition coefficient (Wildman–Crippen LogP) is 3.57. The van der Waals surface area contributed by atoms with Crippen LogP contribution < -0.4 is 9.47 Å². The first-order valence-corrected chi connectivity index (χ1v) is 12.4. The molecule has 1 aliphatic carbocycles. The fourth-order valence-electron chi connectivity index (χ4n) is 6.56. The number of nitrogens with zero attached hydrogens (tertiary/aromatic N) is 3. The Hall–Kier alpha value is -3.44. The van der Waals surface area contributed by atoms with Gasteiger partial charge in [0.05, 0.1) is 49.9 Å². The van der Waals surface area contributed by atoms with Crippen LogP contribution in [0.1, 0.15) is 34.6 Å². The van der Waals surface area contributed by atoms with Crippen molar-refractivity contribution < 1.29 is 19.3 Å². The van der Waals surface area contributed by atoms with Crippen molar-refractivity contribution in [3.05, 3.63) is 89.2 Å². The van der Waals surface area contributed by atoms with Crippen LogP contribution in [0, 0.1) is 17.2 Å². The minimum atomic E-state index is -1.39. The van der Waals surface area contributed by atoms with E-state index in [9.17, 15) is 10.4 Å². The average molecular weight is 484 g/mol. The summed E-state index contributed by atoms with van der Waals surface area (Å²) in [6, 6.07) is 19.9. The Kier molecular flexibility index (Phi) is 5.68. The summed E-state index contributed by atoms with van der Waals surface area (Å²) in [6.45, 7) is 3.74. The van der Waals surface area contributed by atoms with Crippen molar-refractivity contribution in [2.24, 2.45) is 5.92 Å². The molecule has 0 radical (unpaired) electrons. The summed E-state index contributed by atoms with van der Waals surface area (Å²) in [5.74, 6) is 0.772. The van der Waals surface area contributed by atoms with Crippen LogP contribution in [0.3, 0.4) is 0 Å².